The molecule has 2 aromatic rings. The highest BCUT2D eigenvalue weighted by Gasteiger charge is 2.36. The van der Waals surface area contributed by atoms with E-state index in [1.165, 1.54) is 6.07 Å². The number of thioether (sulfide) groups is 1. The summed E-state index contributed by atoms with van der Waals surface area (Å²) in [6.07, 6.45) is 1.13. The molecule has 9 nitrogen and oxygen atoms in total. The van der Waals surface area contributed by atoms with Crippen LogP contribution in [0.4, 0.5) is 24.7 Å². The molecule has 0 atom stereocenters. The van der Waals surface area contributed by atoms with Crippen molar-refractivity contribution in [3.8, 4) is 11.8 Å². The summed E-state index contributed by atoms with van der Waals surface area (Å²) >= 11 is 11.6. The summed E-state index contributed by atoms with van der Waals surface area (Å²) in [5, 5.41) is 12.3. The lowest BCUT2D eigenvalue weighted by molar-refractivity contribution is -0.0328. The summed E-state index contributed by atoms with van der Waals surface area (Å²) < 4.78 is 86.5. The van der Waals surface area contributed by atoms with Crippen molar-refractivity contribution in [1.82, 2.24) is 9.78 Å². The molecule has 30 heavy (non-hydrogen) atoms. The minimum absolute atomic E-state index is 0.0902. The van der Waals surface area contributed by atoms with Crippen LogP contribution in [-0.4, -0.2) is 44.6 Å². The summed E-state index contributed by atoms with van der Waals surface area (Å²) in [5.74, 6) is -0.651. The second-order valence-electron chi connectivity index (χ2n) is 5.61. The Kier molecular flexibility index (Phi) is 6.51. The van der Waals surface area contributed by atoms with Crippen LogP contribution in [0.2, 0.25) is 10.0 Å². The van der Waals surface area contributed by atoms with Crippen molar-refractivity contribution in [2.45, 2.75) is 10.4 Å². The van der Waals surface area contributed by atoms with Gasteiger partial charge in [-0.1, -0.05) is 23.2 Å². The number of aromatic nitrogens is 2. The second kappa shape index (κ2) is 8.00. The van der Waals surface area contributed by atoms with E-state index in [1.807, 2.05) is 0 Å². The van der Waals surface area contributed by atoms with Crippen molar-refractivity contribution < 1.29 is 30.0 Å². The second-order valence-corrected chi connectivity index (χ2v) is 11.5. The van der Waals surface area contributed by atoms with E-state index in [9.17, 15) is 35.3 Å². The number of nitriles is 1. The van der Waals surface area contributed by atoms with Gasteiger partial charge in [0.15, 0.2) is 11.5 Å². The van der Waals surface area contributed by atoms with E-state index < -0.39 is 54.5 Å². The molecular formula is C13H10Cl2F3N5O4S3. The van der Waals surface area contributed by atoms with E-state index >= 15 is 0 Å². The SMILES string of the molecule is CS(=O)(=O)N(c1c(C#N)nn(-c2c(Cl)cc(SC(F)(F)F)cc2Cl)c1N)S(C)(=O)=O. The van der Waals surface area contributed by atoms with Crippen molar-refractivity contribution in [3.63, 3.8) is 0 Å². The van der Waals surface area contributed by atoms with Crippen molar-refractivity contribution in [2.75, 3.05) is 22.0 Å². The maximum Gasteiger partial charge on any atom is 0.446 e. The monoisotopic (exact) mass is 523 g/mol. The van der Waals surface area contributed by atoms with Crippen LogP contribution >= 0.6 is 35.0 Å². The van der Waals surface area contributed by atoms with Gasteiger partial charge in [-0.25, -0.2) is 21.5 Å². The normalized spacial score (nSPS) is 12.6. The smallest absolute Gasteiger partial charge is 0.382 e. The Morgan fingerprint density at radius 1 is 1.17 bits per heavy atom. The van der Waals surface area contributed by atoms with Gasteiger partial charge in [0.05, 0.1) is 22.6 Å². The topological polar surface area (TPSA) is 139 Å². The van der Waals surface area contributed by atoms with Gasteiger partial charge in [-0.2, -0.15) is 27.2 Å². The molecule has 0 radical (unpaired) electrons. The van der Waals surface area contributed by atoms with E-state index in [4.69, 9.17) is 28.9 Å². The van der Waals surface area contributed by atoms with Crippen LogP contribution in [0.25, 0.3) is 5.69 Å². The average Bonchev–Trinajstić information content (AvgIpc) is 2.79. The van der Waals surface area contributed by atoms with Gasteiger partial charge in [0, 0.05) is 4.90 Å². The molecule has 0 aliphatic rings. The molecule has 1 heterocycles. The number of alkyl halides is 3. The van der Waals surface area contributed by atoms with E-state index in [2.05, 4.69) is 5.10 Å². The minimum atomic E-state index is -4.62. The first kappa shape index (κ1) is 24.4. The first-order valence-corrected chi connectivity index (χ1v) is 12.5. The third kappa shape index (κ3) is 5.06. The lowest BCUT2D eigenvalue weighted by Gasteiger charge is -2.19. The van der Waals surface area contributed by atoms with Crippen LogP contribution in [-0.2, 0) is 20.0 Å². The first-order valence-electron chi connectivity index (χ1n) is 7.21. The standard InChI is InChI=1S/C13H10Cl2F3N5O4S3/c1-29(24,25)23(30(2,26)27)11-9(5-19)21-22(12(11)20)10-7(14)3-6(4-8(10)15)28-13(16,17)18/h3-4H,20H2,1-2H3. The molecule has 0 unspecified atom stereocenters. The molecule has 1 aromatic carbocycles. The lowest BCUT2D eigenvalue weighted by Crippen LogP contribution is -2.36. The van der Waals surface area contributed by atoms with Crippen LogP contribution in [0.15, 0.2) is 17.0 Å². The molecule has 1 aromatic heterocycles. The lowest BCUT2D eigenvalue weighted by atomic mass is 10.3. The predicted molar refractivity (Wildman–Crippen MR) is 107 cm³/mol. The number of nitrogen functional groups attached to an aromatic ring is 1. The van der Waals surface area contributed by atoms with E-state index in [0.29, 0.717) is 17.2 Å². The van der Waals surface area contributed by atoms with Gasteiger partial charge in [-0.05, 0) is 23.9 Å². The summed E-state index contributed by atoms with van der Waals surface area (Å²) in [7, 11) is -8.96. The van der Waals surface area contributed by atoms with Gasteiger partial charge in [-0.3, -0.25) is 0 Å². The zero-order valence-electron chi connectivity index (χ0n) is 14.8. The van der Waals surface area contributed by atoms with Crippen LogP contribution in [0.3, 0.4) is 0 Å². The highest BCUT2D eigenvalue weighted by molar-refractivity contribution is 8.09. The van der Waals surface area contributed by atoms with Gasteiger partial charge < -0.3 is 5.73 Å². The van der Waals surface area contributed by atoms with E-state index in [-0.39, 0.29) is 24.3 Å². The molecule has 164 valence electrons. The highest BCUT2D eigenvalue weighted by Crippen LogP contribution is 2.43. The fraction of sp³-hybridized carbons (Fsp3) is 0.231. The number of rotatable bonds is 5. The average molecular weight is 524 g/mol. The summed E-state index contributed by atoms with van der Waals surface area (Å²) in [6.45, 7) is 0. The minimum Gasteiger partial charge on any atom is -0.382 e. The molecule has 2 N–H and O–H groups in total. The predicted octanol–water partition coefficient (Wildman–Crippen LogP) is 2.97. The van der Waals surface area contributed by atoms with Crippen LogP contribution in [0.1, 0.15) is 5.69 Å². The largest absolute Gasteiger partial charge is 0.446 e. The van der Waals surface area contributed by atoms with Crippen molar-refractivity contribution >= 4 is 66.5 Å². The Morgan fingerprint density at radius 2 is 1.63 bits per heavy atom. The summed E-state index contributed by atoms with van der Waals surface area (Å²) in [6, 6.07) is 3.31. The first-order chi connectivity index (χ1) is 13.5. The molecule has 0 bridgehead atoms. The fourth-order valence-corrected chi connectivity index (χ4v) is 6.75. The van der Waals surface area contributed by atoms with Gasteiger partial charge in [0.2, 0.25) is 20.0 Å². The third-order valence-electron chi connectivity index (χ3n) is 3.22. The van der Waals surface area contributed by atoms with E-state index in [1.54, 1.807) is 0 Å². The Balaban J connectivity index is 2.80. The van der Waals surface area contributed by atoms with Gasteiger partial charge in [-0.15, -0.1) is 0 Å². The Bertz CT molecular complexity index is 1220. The molecule has 2 rings (SSSR count). The molecule has 0 aliphatic carbocycles. The molecule has 0 amide bonds. The van der Waals surface area contributed by atoms with Crippen LogP contribution < -0.4 is 9.44 Å². The summed E-state index contributed by atoms with van der Waals surface area (Å²) in [5.41, 5.74) is -0.524. The van der Waals surface area contributed by atoms with Gasteiger partial charge >= 0.3 is 5.51 Å². The fourth-order valence-electron chi connectivity index (χ4n) is 2.36. The molecule has 0 saturated carbocycles. The Hall–Kier alpha value is -1.86. The van der Waals surface area contributed by atoms with Gasteiger partial charge in [0.25, 0.3) is 0 Å². The van der Waals surface area contributed by atoms with Gasteiger partial charge in [0.1, 0.15) is 17.4 Å². The highest BCUT2D eigenvalue weighted by atomic mass is 35.5. The number of hydrogen-bond donors (Lipinski definition) is 1. The third-order valence-corrected chi connectivity index (χ3v) is 7.70. The number of nitrogens with two attached hydrogens (primary N) is 1. The Labute approximate surface area is 183 Å². The number of hydrogen-bond acceptors (Lipinski definition) is 8. The molecule has 0 aliphatic heterocycles. The van der Waals surface area contributed by atoms with Crippen LogP contribution in [0, 0.1) is 11.3 Å². The number of benzene rings is 1. The zero-order chi connectivity index (χ0) is 23.2. The maximum atomic E-state index is 12.6. The van der Waals surface area contributed by atoms with E-state index in [0.717, 1.165) is 12.1 Å². The van der Waals surface area contributed by atoms with Crippen molar-refractivity contribution in [2.24, 2.45) is 0 Å². The number of anilines is 2. The van der Waals surface area contributed by atoms with Crippen molar-refractivity contribution in [1.29, 1.82) is 5.26 Å². The maximum absolute atomic E-state index is 12.6. The Morgan fingerprint density at radius 3 is 2.00 bits per heavy atom. The molecular weight excluding hydrogens is 514 g/mol. The van der Waals surface area contributed by atoms with Crippen molar-refractivity contribution in [3.05, 3.63) is 27.9 Å². The zero-order valence-corrected chi connectivity index (χ0v) is 18.7. The molecule has 0 fully saturated rings. The molecule has 0 spiro atoms. The number of nitrogens with zero attached hydrogens (tertiary/aromatic N) is 4. The quantitative estimate of drug-likeness (QED) is 0.589. The van der Waals surface area contributed by atoms with Crippen LogP contribution in [0.5, 0.6) is 0 Å². The molecule has 0 saturated heterocycles. The molecule has 17 heteroatoms. The summed E-state index contributed by atoms with van der Waals surface area (Å²) in [4.78, 5) is -0.360. The number of sulfonamides is 2. The number of halogens is 5.